The molecule has 1 aliphatic heterocycles. The van der Waals surface area contributed by atoms with Gasteiger partial charge in [0.2, 0.25) is 10.0 Å². The predicted octanol–water partition coefficient (Wildman–Crippen LogP) is 2.82. The van der Waals surface area contributed by atoms with Crippen molar-refractivity contribution in [1.29, 1.82) is 0 Å². The fraction of sp³-hybridized carbons (Fsp3) is 0.250. The quantitative estimate of drug-likeness (QED) is 0.544. The van der Waals surface area contributed by atoms with Crippen molar-refractivity contribution in [2.45, 2.75) is 4.90 Å². The molecule has 1 aliphatic rings. The van der Waals surface area contributed by atoms with Gasteiger partial charge in [0.25, 0.3) is 0 Å². The fourth-order valence-corrected chi connectivity index (χ4v) is 5.44. The second-order valence-electron chi connectivity index (χ2n) is 6.70. The summed E-state index contributed by atoms with van der Waals surface area (Å²) in [5, 5.41) is 8.62. The molecule has 0 N–H and O–H groups in total. The van der Waals surface area contributed by atoms with Gasteiger partial charge in [-0.05, 0) is 42.5 Å². The smallest absolute Gasteiger partial charge is 0.246 e. The highest BCUT2D eigenvalue weighted by atomic mass is 79.9. The third-order valence-corrected chi connectivity index (χ3v) is 7.35. The standard InChI is InChI=1S/C20H20BrN5O3S/c1-29-18-4-2-16(21)14-19(18)30(27,28)26-12-10-25(11-13-26)20-5-3-17(23-24-20)15-6-8-22-9-7-15/h2-9,14H,10-13H2,1H3. The van der Waals surface area contributed by atoms with E-state index in [1.165, 1.54) is 11.4 Å². The van der Waals surface area contributed by atoms with Crippen LogP contribution in [0.1, 0.15) is 0 Å². The van der Waals surface area contributed by atoms with E-state index in [1.54, 1.807) is 30.6 Å². The Labute approximate surface area is 183 Å². The lowest BCUT2D eigenvalue weighted by Crippen LogP contribution is -2.49. The number of piperazine rings is 1. The number of benzene rings is 1. The van der Waals surface area contributed by atoms with Gasteiger partial charge in [-0.25, -0.2) is 8.42 Å². The molecule has 0 spiro atoms. The summed E-state index contributed by atoms with van der Waals surface area (Å²) >= 11 is 3.34. The summed E-state index contributed by atoms with van der Waals surface area (Å²) < 4.78 is 33.7. The summed E-state index contributed by atoms with van der Waals surface area (Å²) in [7, 11) is -2.20. The highest BCUT2D eigenvalue weighted by Crippen LogP contribution is 2.30. The number of aromatic nitrogens is 3. The van der Waals surface area contributed by atoms with Crippen molar-refractivity contribution in [3.05, 3.63) is 59.3 Å². The van der Waals surface area contributed by atoms with E-state index in [1.807, 2.05) is 29.2 Å². The number of pyridine rings is 1. The van der Waals surface area contributed by atoms with Crippen molar-refractivity contribution >= 4 is 31.8 Å². The minimum atomic E-state index is -3.67. The molecule has 156 valence electrons. The van der Waals surface area contributed by atoms with Crippen molar-refractivity contribution < 1.29 is 13.2 Å². The zero-order valence-corrected chi connectivity index (χ0v) is 18.7. The monoisotopic (exact) mass is 489 g/mol. The molecule has 2 aromatic heterocycles. The number of rotatable bonds is 5. The number of sulfonamides is 1. The van der Waals surface area contributed by atoms with Crippen LogP contribution in [0.2, 0.25) is 0 Å². The Hall–Kier alpha value is -2.56. The molecule has 0 bridgehead atoms. The van der Waals surface area contributed by atoms with Gasteiger partial charge in [0.1, 0.15) is 10.6 Å². The summed E-state index contributed by atoms with van der Waals surface area (Å²) in [6.45, 7) is 1.76. The first-order valence-electron chi connectivity index (χ1n) is 9.32. The first-order chi connectivity index (χ1) is 14.5. The maximum Gasteiger partial charge on any atom is 0.246 e. The Morgan fingerprint density at radius 3 is 2.33 bits per heavy atom. The SMILES string of the molecule is COc1ccc(Br)cc1S(=O)(=O)N1CCN(c2ccc(-c3ccncc3)nn2)CC1. The molecule has 0 unspecified atom stereocenters. The van der Waals surface area contributed by atoms with Crippen molar-refractivity contribution in [3.8, 4) is 17.0 Å². The van der Waals surface area contributed by atoms with Crippen molar-refractivity contribution in [2.24, 2.45) is 0 Å². The largest absolute Gasteiger partial charge is 0.495 e. The van der Waals surface area contributed by atoms with Crippen LogP contribution < -0.4 is 9.64 Å². The summed E-state index contributed by atoms with van der Waals surface area (Å²) in [5.74, 6) is 1.06. The van der Waals surface area contributed by atoms with E-state index in [9.17, 15) is 8.42 Å². The molecule has 3 aromatic rings. The van der Waals surface area contributed by atoms with Crippen LogP contribution >= 0.6 is 15.9 Å². The summed E-state index contributed by atoms with van der Waals surface area (Å²) in [5.41, 5.74) is 1.71. The van der Waals surface area contributed by atoms with Crippen molar-refractivity contribution in [1.82, 2.24) is 19.5 Å². The molecule has 0 amide bonds. The van der Waals surface area contributed by atoms with E-state index in [-0.39, 0.29) is 4.90 Å². The van der Waals surface area contributed by atoms with E-state index in [0.29, 0.717) is 36.4 Å². The number of methoxy groups -OCH3 is 1. The topological polar surface area (TPSA) is 88.5 Å². The predicted molar refractivity (Wildman–Crippen MR) is 117 cm³/mol. The van der Waals surface area contributed by atoms with E-state index >= 15 is 0 Å². The van der Waals surface area contributed by atoms with Gasteiger partial charge in [0.15, 0.2) is 5.82 Å². The number of ether oxygens (including phenoxy) is 1. The second-order valence-corrected chi connectivity index (χ2v) is 9.52. The summed E-state index contributed by atoms with van der Waals surface area (Å²) in [6, 6.07) is 12.5. The molecule has 1 aromatic carbocycles. The Balaban J connectivity index is 1.47. The minimum absolute atomic E-state index is 0.161. The van der Waals surface area contributed by atoms with Gasteiger partial charge in [0.05, 0.1) is 12.8 Å². The Bertz CT molecular complexity index is 1120. The van der Waals surface area contributed by atoms with Crippen LogP contribution in [0.4, 0.5) is 5.82 Å². The molecule has 1 fully saturated rings. The lowest BCUT2D eigenvalue weighted by atomic mass is 10.2. The Morgan fingerprint density at radius 2 is 1.70 bits per heavy atom. The highest BCUT2D eigenvalue weighted by molar-refractivity contribution is 9.10. The molecule has 8 nitrogen and oxygen atoms in total. The average molecular weight is 490 g/mol. The first-order valence-corrected chi connectivity index (χ1v) is 11.5. The van der Waals surface area contributed by atoms with Crippen molar-refractivity contribution in [2.75, 3.05) is 38.2 Å². The molecule has 10 heteroatoms. The van der Waals surface area contributed by atoms with Crippen LogP contribution in [0.3, 0.4) is 0 Å². The van der Waals surface area contributed by atoms with Crippen LogP contribution in [0, 0.1) is 0 Å². The zero-order chi connectivity index (χ0) is 21.1. The molecule has 1 saturated heterocycles. The number of halogens is 1. The van der Waals surface area contributed by atoms with E-state index < -0.39 is 10.0 Å². The minimum Gasteiger partial charge on any atom is -0.495 e. The highest BCUT2D eigenvalue weighted by Gasteiger charge is 2.31. The van der Waals surface area contributed by atoms with Gasteiger partial charge in [-0.3, -0.25) is 4.98 Å². The number of hydrogen-bond donors (Lipinski definition) is 0. The van der Waals surface area contributed by atoms with Crippen molar-refractivity contribution in [3.63, 3.8) is 0 Å². The number of nitrogens with zero attached hydrogens (tertiary/aromatic N) is 5. The lowest BCUT2D eigenvalue weighted by molar-refractivity contribution is 0.373. The summed E-state index contributed by atoms with van der Waals surface area (Å²) in [6.07, 6.45) is 3.43. The van der Waals surface area contributed by atoms with E-state index in [2.05, 4.69) is 31.1 Å². The van der Waals surface area contributed by atoms with Crippen LogP contribution in [0.15, 0.2) is 64.2 Å². The molecule has 4 rings (SSSR count). The van der Waals surface area contributed by atoms with Crippen LogP contribution in [-0.2, 0) is 10.0 Å². The molecule has 3 heterocycles. The van der Waals surface area contributed by atoms with Gasteiger partial charge >= 0.3 is 0 Å². The van der Waals surface area contributed by atoms with Crippen LogP contribution in [0.5, 0.6) is 5.75 Å². The third kappa shape index (κ3) is 4.16. The molecule has 0 aliphatic carbocycles. The molecule has 0 saturated carbocycles. The molecular formula is C20H20BrN5O3S. The number of hydrogen-bond acceptors (Lipinski definition) is 7. The molecule has 0 radical (unpaired) electrons. The van der Waals surface area contributed by atoms with Crippen LogP contribution in [-0.4, -0.2) is 61.2 Å². The van der Waals surface area contributed by atoms with Gasteiger partial charge < -0.3 is 9.64 Å². The Kier molecular flexibility index (Phi) is 5.98. The molecule has 0 atom stereocenters. The maximum absolute atomic E-state index is 13.1. The second kappa shape index (κ2) is 8.66. The fourth-order valence-electron chi connectivity index (χ4n) is 3.32. The first kappa shape index (κ1) is 20.7. The molecular weight excluding hydrogens is 470 g/mol. The number of anilines is 1. The maximum atomic E-state index is 13.1. The Morgan fingerprint density at radius 1 is 0.967 bits per heavy atom. The normalized spacial score (nSPS) is 15.2. The third-order valence-electron chi connectivity index (χ3n) is 4.93. The lowest BCUT2D eigenvalue weighted by Gasteiger charge is -2.34. The average Bonchev–Trinajstić information content (AvgIpc) is 2.80. The van der Waals surface area contributed by atoms with Gasteiger partial charge in [-0.2, -0.15) is 4.31 Å². The van der Waals surface area contributed by atoms with Crippen LogP contribution in [0.25, 0.3) is 11.3 Å². The van der Waals surface area contributed by atoms with Gasteiger partial charge in [0, 0.05) is 48.6 Å². The zero-order valence-electron chi connectivity index (χ0n) is 16.3. The summed E-state index contributed by atoms with van der Waals surface area (Å²) in [4.78, 5) is 6.20. The van der Waals surface area contributed by atoms with Gasteiger partial charge in [-0.1, -0.05) is 15.9 Å². The molecule has 30 heavy (non-hydrogen) atoms. The van der Waals surface area contributed by atoms with E-state index in [4.69, 9.17) is 4.74 Å². The van der Waals surface area contributed by atoms with E-state index in [0.717, 1.165) is 17.1 Å². The van der Waals surface area contributed by atoms with Gasteiger partial charge in [-0.15, -0.1) is 10.2 Å².